The van der Waals surface area contributed by atoms with Crippen molar-refractivity contribution in [2.45, 2.75) is 13.3 Å². The van der Waals surface area contributed by atoms with Crippen LogP contribution in [0.4, 0.5) is 5.69 Å². The molecule has 0 amide bonds. The summed E-state index contributed by atoms with van der Waals surface area (Å²) in [6, 6.07) is 4.33. The largest absolute Gasteiger partial charge is 0.273 e. The lowest BCUT2D eigenvalue weighted by atomic mass is 10.2. The number of rotatable bonds is 2. The van der Waals surface area contributed by atoms with Gasteiger partial charge in [0.2, 0.25) is 5.91 Å². The molecule has 1 heterocycles. The first-order valence-corrected chi connectivity index (χ1v) is 4.79. The van der Waals surface area contributed by atoms with Crippen molar-refractivity contribution in [3.05, 3.63) is 34.5 Å². The van der Waals surface area contributed by atoms with Crippen molar-refractivity contribution in [1.82, 2.24) is 9.78 Å². The van der Waals surface area contributed by atoms with Crippen LogP contribution in [-0.2, 0) is 0 Å². The number of carbonyl (C=O) groups excluding carboxylic acids is 1. The number of hydrogen-bond acceptors (Lipinski definition) is 4. The molecule has 0 aliphatic rings. The number of nitro benzene ring substituents is 1. The highest BCUT2D eigenvalue weighted by molar-refractivity contribution is 5.86. The summed E-state index contributed by atoms with van der Waals surface area (Å²) in [6.07, 6.45) is 1.92. The third-order valence-electron chi connectivity index (χ3n) is 2.26. The van der Waals surface area contributed by atoms with Gasteiger partial charge in [0.05, 0.1) is 10.4 Å². The highest BCUT2D eigenvalue weighted by Crippen LogP contribution is 2.19. The van der Waals surface area contributed by atoms with Crippen molar-refractivity contribution in [2.24, 2.45) is 0 Å². The molecule has 0 spiro atoms. The molecule has 1 aromatic carbocycles. The molecule has 0 N–H and O–H groups in total. The Labute approximate surface area is 90.6 Å². The van der Waals surface area contributed by atoms with Gasteiger partial charge in [0.1, 0.15) is 0 Å². The van der Waals surface area contributed by atoms with Crippen LogP contribution >= 0.6 is 0 Å². The van der Waals surface area contributed by atoms with Crippen molar-refractivity contribution >= 4 is 22.5 Å². The highest BCUT2D eigenvalue weighted by Gasteiger charge is 2.10. The van der Waals surface area contributed by atoms with E-state index in [0.717, 1.165) is 0 Å². The summed E-state index contributed by atoms with van der Waals surface area (Å²) in [5.74, 6) is -0.140. The fraction of sp³-hybridized carbons (Fsp3) is 0.200. The number of nitrogens with zero attached hydrogens (tertiary/aromatic N) is 3. The minimum absolute atomic E-state index is 0.0262. The number of non-ortho nitro benzene ring substituents is 1. The first-order valence-electron chi connectivity index (χ1n) is 4.79. The van der Waals surface area contributed by atoms with Crippen molar-refractivity contribution in [3.8, 4) is 0 Å². The number of hydrogen-bond donors (Lipinski definition) is 0. The van der Waals surface area contributed by atoms with Crippen LogP contribution in [0.3, 0.4) is 0 Å². The Hall–Kier alpha value is -2.24. The molecule has 6 nitrogen and oxygen atoms in total. The molecule has 16 heavy (non-hydrogen) atoms. The third kappa shape index (κ3) is 1.65. The zero-order valence-electron chi connectivity index (χ0n) is 8.58. The molecule has 0 fully saturated rings. The molecule has 0 saturated carbocycles. The Morgan fingerprint density at radius 3 is 2.94 bits per heavy atom. The predicted molar refractivity (Wildman–Crippen MR) is 57.3 cm³/mol. The maximum Gasteiger partial charge on any atom is 0.271 e. The Bertz CT molecular complexity index is 574. The SMILES string of the molecule is CCC(=O)n1cc2ccc([N+](=O)[O-])cc2n1. The van der Waals surface area contributed by atoms with Crippen LogP contribution in [0.1, 0.15) is 18.1 Å². The number of fused-ring (bicyclic) bond motifs is 1. The summed E-state index contributed by atoms with van der Waals surface area (Å²) in [6.45, 7) is 1.73. The molecule has 6 heteroatoms. The summed E-state index contributed by atoms with van der Waals surface area (Å²) in [5, 5.41) is 15.2. The number of benzene rings is 1. The quantitative estimate of drug-likeness (QED) is 0.571. The van der Waals surface area contributed by atoms with Gasteiger partial charge in [-0.05, 0) is 6.07 Å². The van der Waals surface area contributed by atoms with Gasteiger partial charge in [-0.3, -0.25) is 14.9 Å². The summed E-state index contributed by atoms with van der Waals surface area (Å²) in [7, 11) is 0. The monoisotopic (exact) mass is 219 g/mol. The van der Waals surface area contributed by atoms with Gasteiger partial charge in [-0.25, -0.2) is 4.68 Å². The van der Waals surface area contributed by atoms with Gasteiger partial charge in [-0.1, -0.05) is 6.92 Å². The molecule has 2 aromatic rings. The van der Waals surface area contributed by atoms with Gasteiger partial charge >= 0.3 is 0 Å². The maximum absolute atomic E-state index is 11.4. The normalized spacial score (nSPS) is 10.6. The van der Waals surface area contributed by atoms with Gasteiger partial charge in [-0.15, -0.1) is 0 Å². The van der Waals surface area contributed by atoms with Gasteiger partial charge in [0.25, 0.3) is 5.69 Å². The lowest BCUT2D eigenvalue weighted by Crippen LogP contribution is -2.08. The topological polar surface area (TPSA) is 78.0 Å². The van der Waals surface area contributed by atoms with Crippen molar-refractivity contribution < 1.29 is 9.72 Å². The lowest BCUT2D eigenvalue weighted by molar-refractivity contribution is -0.384. The maximum atomic E-state index is 11.4. The van der Waals surface area contributed by atoms with Crippen LogP contribution in [0.15, 0.2) is 24.4 Å². The van der Waals surface area contributed by atoms with Gasteiger partial charge in [-0.2, -0.15) is 5.10 Å². The lowest BCUT2D eigenvalue weighted by Gasteiger charge is -1.92. The Balaban J connectivity index is 2.54. The zero-order valence-corrected chi connectivity index (χ0v) is 8.58. The molecule has 0 atom stereocenters. The minimum Gasteiger partial charge on any atom is -0.273 e. The molecular formula is C10H9N3O3. The predicted octanol–water partition coefficient (Wildman–Crippen LogP) is 1.99. The molecule has 82 valence electrons. The van der Waals surface area contributed by atoms with E-state index in [-0.39, 0.29) is 11.6 Å². The number of aromatic nitrogens is 2. The molecule has 0 unspecified atom stereocenters. The van der Waals surface area contributed by atoms with E-state index in [0.29, 0.717) is 17.3 Å². The van der Waals surface area contributed by atoms with Crippen LogP contribution in [0.5, 0.6) is 0 Å². The summed E-state index contributed by atoms with van der Waals surface area (Å²) in [5.41, 5.74) is 0.428. The van der Waals surface area contributed by atoms with E-state index in [1.165, 1.54) is 16.8 Å². The Kier molecular flexibility index (Phi) is 2.40. The van der Waals surface area contributed by atoms with E-state index >= 15 is 0 Å². The molecular weight excluding hydrogens is 210 g/mol. The van der Waals surface area contributed by atoms with E-state index in [2.05, 4.69) is 5.10 Å². The Morgan fingerprint density at radius 2 is 2.31 bits per heavy atom. The second-order valence-electron chi connectivity index (χ2n) is 3.32. The highest BCUT2D eigenvalue weighted by atomic mass is 16.6. The summed E-state index contributed by atoms with van der Waals surface area (Å²) >= 11 is 0. The molecule has 2 rings (SSSR count). The van der Waals surface area contributed by atoms with Crippen molar-refractivity contribution in [2.75, 3.05) is 0 Å². The van der Waals surface area contributed by atoms with Crippen LogP contribution < -0.4 is 0 Å². The van der Waals surface area contributed by atoms with E-state index in [1.54, 1.807) is 19.2 Å². The Morgan fingerprint density at radius 1 is 1.56 bits per heavy atom. The van der Waals surface area contributed by atoms with Crippen LogP contribution in [-0.4, -0.2) is 20.6 Å². The second kappa shape index (κ2) is 3.73. The van der Waals surface area contributed by atoms with Gasteiger partial charge in [0.15, 0.2) is 0 Å². The van der Waals surface area contributed by atoms with E-state index in [1.807, 2.05) is 0 Å². The van der Waals surface area contributed by atoms with E-state index in [9.17, 15) is 14.9 Å². The molecule has 0 aliphatic heterocycles. The first kappa shape index (κ1) is 10.3. The second-order valence-corrected chi connectivity index (χ2v) is 3.32. The fourth-order valence-corrected chi connectivity index (χ4v) is 1.41. The molecule has 0 radical (unpaired) electrons. The van der Waals surface area contributed by atoms with Crippen molar-refractivity contribution in [3.63, 3.8) is 0 Å². The zero-order chi connectivity index (χ0) is 11.7. The van der Waals surface area contributed by atoms with Gasteiger partial charge < -0.3 is 0 Å². The average molecular weight is 219 g/mol. The smallest absolute Gasteiger partial charge is 0.271 e. The van der Waals surface area contributed by atoms with E-state index in [4.69, 9.17) is 0 Å². The van der Waals surface area contributed by atoms with Crippen LogP contribution in [0, 0.1) is 10.1 Å². The van der Waals surface area contributed by atoms with Crippen LogP contribution in [0.2, 0.25) is 0 Å². The molecule has 0 aliphatic carbocycles. The first-order chi connectivity index (χ1) is 7.61. The average Bonchev–Trinajstić information content (AvgIpc) is 2.70. The molecule has 0 saturated heterocycles. The van der Waals surface area contributed by atoms with Crippen LogP contribution in [0.25, 0.3) is 10.9 Å². The molecule has 1 aromatic heterocycles. The molecule has 0 bridgehead atoms. The summed E-state index contributed by atoms with van der Waals surface area (Å²) in [4.78, 5) is 21.4. The summed E-state index contributed by atoms with van der Waals surface area (Å²) < 4.78 is 1.22. The van der Waals surface area contributed by atoms with Gasteiger partial charge in [0, 0.05) is 30.1 Å². The van der Waals surface area contributed by atoms with Crippen molar-refractivity contribution in [1.29, 1.82) is 0 Å². The fourth-order valence-electron chi connectivity index (χ4n) is 1.41. The number of nitro groups is 1. The number of carbonyl (C=O) groups is 1. The standard InChI is InChI=1S/C10H9N3O3/c1-2-10(14)12-6-7-3-4-8(13(15)16)5-9(7)11-12/h3-6H,2H2,1H3. The third-order valence-corrected chi connectivity index (χ3v) is 2.26. The van der Waals surface area contributed by atoms with E-state index < -0.39 is 4.92 Å². The minimum atomic E-state index is -0.486.